The lowest BCUT2D eigenvalue weighted by molar-refractivity contribution is 0.0893. The zero-order valence-electron chi connectivity index (χ0n) is 16.4. The van der Waals surface area contributed by atoms with Crippen LogP contribution in [0.15, 0.2) is 29.3 Å². The van der Waals surface area contributed by atoms with E-state index in [-0.39, 0.29) is 0 Å². The van der Waals surface area contributed by atoms with Crippen LogP contribution in [0.3, 0.4) is 0 Å². The molecule has 2 rings (SSSR count). The Morgan fingerprint density at radius 1 is 1.19 bits per heavy atom. The highest BCUT2D eigenvalue weighted by Gasteiger charge is 2.15. The predicted octanol–water partition coefficient (Wildman–Crippen LogP) is 2.79. The molecule has 0 bridgehead atoms. The van der Waals surface area contributed by atoms with Gasteiger partial charge in [0.15, 0.2) is 5.96 Å². The van der Waals surface area contributed by atoms with Gasteiger partial charge in [-0.05, 0) is 43.7 Å². The molecule has 1 fully saturated rings. The molecular formula is C21H35N3O2. The van der Waals surface area contributed by atoms with E-state index in [1.807, 2.05) is 0 Å². The van der Waals surface area contributed by atoms with E-state index < -0.39 is 0 Å². The van der Waals surface area contributed by atoms with Gasteiger partial charge in [0.1, 0.15) is 0 Å². The van der Waals surface area contributed by atoms with Crippen molar-refractivity contribution in [3.63, 3.8) is 0 Å². The summed E-state index contributed by atoms with van der Waals surface area (Å²) < 4.78 is 11.1. The van der Waals surface area contributed by atoms with Crippen LogP contribution in [-0.4, -0.2) is 52.0 Å². The summed E-state index contributed by atoms with van der Waals surface area (Å²) >= 11 is 0. The Kier molecular flexibility index (Phi) is 10.1. The molecule has 146 valence electrons. The van der Waals surface area contributed by atoms with E-state index in [0.29, 0.717) is 5.92 Å². The largest absolute Gasteiger partial charge is 0.381 e. The smallest absolute Gasteiger partial charge is 0.191 e. The zero-order chi connectivity index (χ0) is 18.5. The normalized spacial score (nSPS) is 17.5. The zero-order valence-corrected chi connectivity index (χ0v) is 16.4. The van der Waals surface area contributed by atoms with Gasteiger partial charge in [-0.2, -0.15) is 0 Å². The first-order chi connectivity index (χ1) is 12.8. The van der Waals surface area contributed by atoms with Crippen LogP contribution in [0.1, 0.15) is 37.8 Å². The number of rotatable bonds is 11. The van der Waals surface area contributed by atoms with E-state index in [9.17, 15) is 0 Å². The highest BCUT2D eigenvalue weighted by Crippen LogP contribution is 2.12. The van der Waals surface area contributed by atoms with Crippen molar-refractivity contribution in [1.82, 2.24) is 10.6 Å². The molecule has 5 heteroatoms. The van der Waals surface area contributed by atoms with Crippen molar-refractivity contribution in [3.05, 3.63) is 35.4 Å². The first-order valence-electron chi connectivity index (χ1n) is 10.1. The maximum Gasteiger partial charge on any atom is 0.191 e. The van der Waals surface area contributed by atoms with Crippen LogP contribution in [0.5, 0.6) is 0 Å². The number of aliphatic imine (C=N–C) groups is 1. The maximum atomic E-state index is 5.73. The fraction of sp³-hybridized carbons (Fsp3) is 0.667. The average molecular weight is 362 g/mol. The van der Waals surface area contributed by atoms with Crippen molar-refractivity contribution in [1.29, 1.82) is 0 Å². The molecule has 1 aromatic carbocycles. The summed E-state index contributed by atoms with van der Waals surface area (Å²) in [5.74, 6) is 1.48. The van der Waals surface area contributed by atoms with Crippen molar-refractivity contribution < 1.29 is 9.47 Å². The molecule has 1 heterocycles. The van der Waals surface area contributed by atoms with Gasteiger partial charge in [-0.3, -0.25) is 4.99 Å². The Morgan fingerprint density at radius 3 is 2.69 bits per heavy atom. The molecular weight excluding hydrogens is 326 g/mol. The Bertz CT molecular complexity index is 510. The summed E-state index contributed by atoms with van der Waals surface area (Å²) in [6.07, 6.45) is 4.17. The van der Waals surface area contributed by atoms with Gasteiger partial charge >= 0.3 is 0 Å². The van der Waals surface area contributed by atoms with Crippen LogP contribution in [0.2, 0.25) is 0 Å². The van der Waals surface area contributed by atoms with Crippen LogP contribution >= 0.6 is 0 Å². The quantitative estimate of drug-likeness (QED) is 0.361. The molecule has 1 atom stereocenters. The van der Waals surface area contributed by atoms with Gasteiger partial charge in [-0.15, -0.1) is 0 Å². The third-order valence-electron chi connectivity index (χ3n) is 4.58. The summed E-state index contributed by atoms with van der Waals surface area (Å²) in [7, 11) is 0. The number of nitrogens with one attached hydrogen (secondary N) is 2. The molecule has 0 amide bonds. The maximum absolute atomic E-state index is 5.73. The number of hydrogen-bond donors (Lipinski definition) is 2. The monoisotopic (exact) mass is 361 g/mol. The number of hydrogen-bond acceptors (Lipinski definition) is 3. The summed E-state index contributed by atoms with van der Waals surface area (Å²) in [6.45, 7) is 10.1. The first-order valence-corrected chi connectivity index (χ1v) is 10.1. The van der Waals surface area contributed by atoms with Gasteiger partial charge in [0.2, 0.25) is 0 Å². The van der Waals surface area contributed by atoms with Crippen molar-refractivity contribution in [2.45, 2.75) is 39.5 Å². The van der Waals surface area contributed by atoms with Crippen LogP contribution in [-0.2, 0) is 22.3 Å². The summed E-state index contributed by atoms with van der Waals surface area (Å²) in [5, 5.41) is 6.72. The third kappa shape index (κ3) is 8.19. The molecule has 0 saturated carbocycles. The topological polar surface area (TPSA) is 54.9 Å². The predicted molar refractivity (Wildman–Crippen MR) is 108 cm³/mol. The Balaban J connectivity index is 1.60. The Hall–Kier alpha value is -1.59. The molecule has 26 heavy (non-hydrogen) atoms. The van der Waals surface area contributed by atoms with Crippen LogP contribution in [0, 0.1) is 5.92 Å². The molecule has 1 aromatic rings. The Labute approximate surface area is 158 Å². The molecule has 2 N–H and O–H groups in total. The molecule has 1 aliphatic rings. The van der Waals surface area contributed by atoms with Gasteiger partial charge in [0, 0.05) is 38.8 Å². The number of ether oxygens (including phenoxy) is 2. The van der Waals surface area contributed by atoms with E-state index in [4.69, 9.17) is 9.47 Å². The minimum absolute atomic E-state index is 0.587. The molecule has 0 aromatic heterocycles. The van der Waals surface area contributed by atoms with Crippen LogP contribution < -0.4 is 10.6 Å². The van der Waals surface area contributed by atoms with Crippen molar-refractivity contribution >= 4 is 5.96 Å². The molecule has 5 nitrogen and oxygen atoms in total. The van der Waals surface area contributed by atoms with Gasteiger partial charge in [-0.1, -0.05) is 31.2 Å². The lowest BCUT2D eigenvalue weighted by Crippen LogP contribution is -2.38. The molecule has 0 aliphatic carbocycles. The molecule has 1 unspecified atom stereocenters. The minimum Gasteiger partial charge on any atom is -0.381 e. The Morgan fingerprint density at radius 2 is 2.00 bits per heavy atom. The second-order valence-electron chi connectivity index (χ2n) is 6.77. The highest BCUT2D eigenvalue weighted by atomic mass is 16.5. The highest BCUT2D eigenvalue weighted by molar-refractivity contribution is 5.79. The van der Waals surface area contributed by atoms with Crippen LogP contribution in [0.25, 0.3) is 0 Å². The van der Waals surface area contributed by atoms with E-state index in [1.54, 1.807) is 0 Å². The van der Waals surface area contributed by atoms with Crippen molar-refractivity contribution in [2.75, 3.05) is 46.1 Å². The van der Waals surface area contributed by atoms with E-state index >= 15 is 0 Å². The fourth-order valence-corrected chi connectivity index (χ4v) is 2.93. The minimum atomic E-state index is 0.587. The van der Waals surface area contributed by atoms with Crippen LogP contribution in [0.4, 0.5) is 0 Å². The average Bonchev–Trinajstić information content (AvgIpc) is 3.18. The standard InChI is InChI=1S/C21H35N3O2/c1-3-18-6-8-19(9-7-18)10-13-24-21(22-4-2)23-12-5-14-25-16-20-11-15-26-17-20/h6-9,20H,3-5,10-17H2,1-2H3,(H2,22,23,24). The van der Waals surface area contributed by atoms with Gasteiger partial charge in [0.05, 0.1) is 13.2 Å². The van der Waals surface area contributed by atoms with E-state index in [0.717, 1.165) is 77.7 Å². The lowest BCUT2D eigenvalue weighted by Gasteiger charge is -2.12. The lowest BCUT2D eigenvalue weighted by atomic mass is 10.1. The summed E-state index contributed by atoms with van der Waals surface area (Å²) in [4.78, 5) is 4.63. The number of benzene rings is 1. The fourth-order valence-electron chi connectivity index (χ4n) is 2.93. The first kappa shape index (κ1) is 20.7. The van der Waals surface area contributed by atoms with Crippen molar-refractivity contribution in [2.24, 2.45) is 10.9 Å². The number of nitrogens with zero attached hydrogens (tertiary/aromatic N) is 1. The van der Waals surface area contributed by atoms with Crippen molar-refractivity contribution in [3.8, 4) is 0 Å². The summed E-state index contributed by atoms with van der Waals surface area (Å²) in [6, 6.07) is 8.87. The van der Waals surface area contributed by atoms with Gasteiger partial charge in [0.25, 0.3) is 0 Å². The molecule has 1 aliphatic heterocycles. The van der Waals surface area contributed by atoms with Gasteiger partial charge < -0.3 is 20.1 Å². The second kappa shape index (κ2) is 12.7. The molecule has 1 saturated heterocycles. The number of aryl methyl sites for hydroxylation is 1. The SMILES string of the molecule is CCNC(=NCCCOCC1CCOC1)NCCc1ccc(CC)cc1. The van der Waals surface area contributed by atoms with Gasteiger partial charge in [-0.25, -0.2) is 0 Å². The molecule has 0 spiro atoms. The third-order valence-corrected chi connectivity index (χ3v) is 4.58. The second-order valence-corrected chi connectivity index (χ2v) is 6.77. The number of guanidine groups is 1. The van der Waals surface area contributed by atoms with E-state index in [1.165, 1.54) is 11.1 Å². The molecule has 0 radical (unpaired) electrons. The van der Waals surface area contributed by atoms with E-state index in [2.05, 4.69) is 53.7 Å². The summed E-state index contributed by atoms with van der Waals surface area (Å²) in [5.41, 5.74) is 2.74.